The standard InChI is InChI=1S/C22H30N6O5/c1-22(2,3)33-21(30)26-15-13-25(14-16-26)11-4-10-23-20(29)19-9-12-27(24-19)17-5-7-18(8-6-17)28(31)32/h5-9,12H,4,10-11,13-16H2,1-3H3,(H,23,29). The van der Waals surface area contributed by atoms with Crippen molar-refractivity contribution in [3.05, 3.63) is 52.3 Å². The molecule has 1 N–H and O–H groups in total. The summed E-state index contributed by atoms with van der Waals surface area (Å²) in [5.74, 6) is -0.273. The van der Waals surface area contributed by atoms with Gasteiger partial charge in [0.2, 0.25) is 0 Å². The van der Waals surface area contributed by atoms with Crippen LogP contribution in [0.5, 0.6) is 0 Å². The van der Waals surface area contributed by atoms with Crippen LogP contribution in [0.1, 0.15) is 37.7 Å². The topological polar surface area (TPSA) is 123 Å². The van der Waals surface area contributed by atoms with Crippen LogP contribution in [0.25, 0.3) is 5.69 Å². The van der Waals surface area contributed by atoms with E-state index in [9.17, 15) is 19.7 Å². The maximum Gasteiger partial charge on any atom is 0.410 e. The van der Waals surface area contributed by atoms with Gasteiger partial charge in [-0.2, -0.15) is 5.10 Å². The predicted molar refractivity (Wildman–Crippen MR) is 121 cm³/mol. The van der Waals surface area contributed by atoms with E-state index in [0.717, 1.165) is 26.1 Å². The van der Waals surface area contributed by atoms with Crippen molar-refractivity contribution in [1.82, 2.24) is 24.9 Å². The lowest BCUT2D eigenvalue weighted by Crippen LogP contribution is -2.50. The molecule has 1 aromatic heterocycles. The third kappa shape index (κ3) is 7.01. The third-order valence-corrected chi connectivity index (χ3v) is 5.11. The van der Waals surface area contributed by atoms with Gasteiger partial charge in [-0.25, -0.2) is 9.48 Å². The summed E-state index contributed by atoms with van der Waals surface area (Å²) in [6, 6.07) is 7.55. The van der Waals surface area contributed by atoms with Crippen molar-refractivity contribution in [2.75, 3.05) is 39.3 Å². The van der Waals surface area contributed by atoms with Gasteiger partial charge < -0.3 is 15.0 Å². The first-order valence-electron chi connectivity index (χ1n) is 10.9. The number of hydrogen-bond acceptors (Lipinski definition) is 7. The molecule has 0 bridgehead atoms. The number of carbonyl (C=O) groups excluding carboxylic acids is 2. The monoisotopic (exact) mass is 458 g/mol. The molecule has 2 heterocycles. The molecule has 1 aliphatic heterocycles. The van der Waals surface area contributed by atoms with Gasteiger partial charge >= 0.3 is 6.09 Å². The minimum atomic E-state index is -0.496. The van der Waals surface area contributed by atoms with E-state index < -0.39 is 10.5 Å². The highest BCUT2D eigenvalue weighted by atomic mass is 16.6. The largest absolute Gasteiger partial charge is 0.444 e. The number of nitrogens with one attached hydrogen (secondary N) is 1. The van der Waals surface area contributed by atoms with Crippen molar-refractivity contribution in [2.45, 2.75) is 32.8 Å². The number of piperazine rings is 1. The lowest BCUT2D eigenvalue weighted by Gasteiger charge is -2.35. The summed E-state index contributed by atoms with van der Waals surface area (Å²) in [6.07, 6.45) is 2.14. The number of amides is 2. The van der Waals surface area contributed by atoms with E-state index in [0.29, 0.717) is 25.3 Å². The molecule has 178 valence electrons. The molecule has 11 heteroatoms. The normalized spacial score (nSPS) is 14.7. The second-order valence-corrected chi connectivity index (χ2v) is 8.84. The van der Waals surface area contributed by atoms with Gasteiger partial charge in [-0.15, -0.1) is 0 Å². The molecular formula is C22H30N6O5. The van der Waals surface area contributed by atoms with Gasteiger partial charge in [0.05, 0.1) is 10.6 Å². The van der Waals surface area contributed by atoms with Crippen molar-refractivity contribution in [3.63, 3.8) is 0 Å². The summed E-state index contributed by atoms with van der Waals surface area (Å²) in [5.41, 5.74) is 0.407. The maximum atomic E-state index is 12.4. The summed E-state index contributed by atoms with van der Waals surface area (Å²) >= 11 is 0. The molecule has 0 spiro atoms. The zero-order valence-electron chi connectivity index (χ0n) is 19.2. The maximum absolute atomic E-state index is 12.4. The Labute approximate surface area is 192 Å². The molecule has 11 nitrogen and oxygen atoms in total. The first-order chi connectivity index (χ1) is 15.6. The number of benzene rings is 1. The highest BCUT2D eigenvalue weighted by Crippen LogP contribution is 2.15. The Morgan fingerprint density at radius 3 is 2.39 bits per heavy atom. The number of hydrogen-bond donors (Lipinski definition) is 1. The van der Waals surface area contributed by atoms with Gasteiger partial charge in [-0.1, -0.05) is 0 Å². The average molecular weight is 459 g/mol. The van der Waals surface area contributed by atoms with E-state index in [-0.39, 0.29) is 23.4 Å². The number of aromatic nitrogens is 2. The highest BCUT2D eigenvalue weighted by molar-refractivity contribution is 5.92. The van der Waals surface area contributed by atoms with E-state index in [1.54, 1.807) is 29.3 Å². The number of nitro benzene ring substituents is 1. The molecule has 2 amide bonds. The predicted octanol–water partition coefficient (Wildman–Crippen LogP) is 2.45. The van der Waals surface area contributed by atoms with E-state index in [2.05, 4.69) is 15.3 Å². The minimum Gasteiger partial charge on any atom is -0.444 e. The van der Waals surface area contributed by atoms with Gasteiger partial charge in [-0.3, -0.25) is 19.8 Å². The van der Waals surface area contributed by atoms with Crippen LogP contribution in [0, 0.1) is 10.1 Å². The first-order valence-corrected chi connectivity index (χ1v) is 10.9. The van der Waals surface area contributed by atoms with Crippen LogP contribution in [0.2, 0.25) is 0 Å². The molecular weight excluding hydrogens is 428 g/mol. The van der Waals surface area contributed by atoms with Crippen LogP contribution in [0.15, 0.2) is 36.5 Å². The SMILES string of the molecule is CC(C)(C)OC(=O)N1CCN(CCCNC(=O)c2ccn(-c3ccc([N+](=O)[O-])cc3)n2)CC1. The van der Waals surface area contributed by atoms with Crippen molar-refractivity contribution < 1.29 is 19.2 Å². The van der Waals surface area contributed by atoms with E-state index in [1.807, 2.05) is 20.8 Å². The second kappa shape index (κ2) is 10.4. The lowest BCUT2D eigenvalue weighted by atomic mass is 10.2. The Hall–Kier alpha value is -3.47. The van der Waals surface area contributed by atoms with Gasteiger partial charge in [0.1, 0.15) is 5.60 Å². The smallest absolute Gasteiger partial charge is 0.410 e. The van der Waals surface area contributed by atoms with Crippen LogP contribution in [-0.2, 0) is 4.74 Å². The van der Waals surface area contributed by atoms with Crippen LogP contribution in [0.3, 0.4) is 0 Å². The molecule has 3 rings (SSSR count). The number of carbonyl (C=O) groups is 2. The average Bonchev–Trinajstić information content (AvgIpc) is 3.26. The second-order valence-electron chi connectivity index (χ2n) is 8.84. The number of rotatable bonds is 7. The molecule has 1 aromatic carbocycles. The van der Waals surface area contributed by atoms with Gasteiger partial charge in [0, 0.05) is 51.1 Å². The third-order valence-electron chi connectivity index (χ3n) is 5.11. The molecule has 0 aliphatic carbocycles. The molecule has 2 aromatic rings. The number of non-ortho nitro benzene ring substituents is 1. The Bertz CT molecular complexity index is 974. The highest BCUT2D eigenvalue weighted by Gasteiger charge is 2.25. The van der Waals surface area contributed by atoms with Crippen LogP contribution < -0.4 is 5.32 Å². The fourth-order valence-corrected chi connectivity index (χ4v) is 3.39. The van der Waals surface area contributed by atoms with Crippen molar-refractivity contribution in [2.24, 2.45) is 0 Å². The van der Waals surface area contributed by atoms with Crippen molar-refractivity contribution in [1.29, 1.82) is 0 Å². The van der Waals surface area contributed by atoms with Gasteiger partial charge in [0.15, 0.2) is 5.69 Å². The summed E-state index contributed by atoms with van der Waals surface area (Å²) < 4.78 is 6.91. The molecule has 1 aliphatic rings. The molecule has 0 radical (unpaired) electrons. The zero-order chi connectivity index (χ0) is 24.0. The lowest BCUT2D eigenvalue weighted by molar-refractivity contribution is -0.384. The molecule has 1 fully saturated rings. The van der Waals surface area contributed by atoms with Crippen molar-refractivity contribution >= 4 is 17.7 Å². The Balaban J connectivity index is 1.38. The van der Waals surface area contributed by atoms with Gasteiger partial charge in [0.25, 0.3) is 11.6 Å². The number of nitrogens with zero attached hydrogens (tertiary/aromatic N) is 5. The van der Waals surface area contributed by atoms with Crippen LogP contribution in [-0.4, -0.2) is 81.4 Å². The minimum absolute atomic E-state index is 0.00451. The number of nitro groups is 1. The molecule has 0 atom stereocenters. The Morgan fingerprint density at radius 1 is 1.12 bits per heavy atom. The van der Waals surface area contributed by atoms with Gasteiger partial charge in [-0.05, 0) is 51.9 Å². The Morgan fingerprint density at radius 2 is 1.79 bits per heavy atom. The number of ether oxygens (including phenoxy) is 1. The quantitative estimate of drug-likeness (QED) is 0.384. The summed E-state index contributed by atoms with van der Waals surface area (Å²) in [4.78, 5) is 38.8. The fourth-order valence-electron chi connectivity index (χ4n) is 3.39. The van der Waals surface area contributed by atoms with Crippen molar-refractivity contribution in [3.8, 4) is 5.69 Å². The summed E-state index contributed by atoms with van der Waals surface area (Å²) in [5, 5.41) is 17.9. The van der Waals surface area contributed by atoms with Crippen LogP contribution >= 0.6 is 0 Å². The van der Waals surface area contributed by atoms with E-state index in [1.165, 1.54) is 16.8 Å². The summed E-state index contributed by atoms with van der Waals surface area (Å²) in [7, 11) is 0. The Kier molecular flexibility index (Phi) is 7.64. The molecule has 1 saturated heterocycles. The summed E-state index contributed by atoms with van der Waals surface area (Å²) in [6.45, 7) is 9.69. The molecule has 0 saturated carbocycles. The van der Waals surface area contributed by atoms with E-state index in [4.69, 9.17) is 4.74 Å². The fraction of sp³-hybridized carbons (Fsp3) is 0.500. The van der Waals surface area contributed by atoms with Crippen LogP contribution in [0.4, 0.5) is 10.5 Å². The van der Waals surface area contributed by atoms with E-state index >= 15 is 0 Å². The zero-order valence-corrected chi connectivity index (χ0v) is 19.2. The molecule has 0 unspecified atom stereocenters. The first kappa shape index (κ1) is 24.2. The molecule has 33 heavy (non-hydrogen) atoms.